The monoisotopic (exact) mass is 378 g/mol. The summed E-state index contributed by atoms with van der Waals surface area (Å²) in [5, 5.41) is 3.60. The molecule has 2 aliphatic heterocycles. The minimum atomic E-state index is 0.602. The van der Waals surface area contributed by atoms with Crippen molar-refractivity contribution in [3.05, 3.63) is 71.8 Å². The molecule has 2 atom stereocenters. The number of likely N-dealkylation sites (N-methyl/N-ethyl adjacent to an activating group) is 1. The largest absolute Gasteiger partial charge is 0.314 e. The van der Waals surface area contributed by atoms with Crippen molar-refractivity contribution in [2.75, 3.05) is 46.3 Å². The number of hydrogen-bond acceptors (Lipinski definition) is 4. The van der Waals surface area contributed by atoms with Crippen molar-refractivity contribution < 1.29 is 0 Å². The van der Waals surface area contributed by atoms with E-state index in [2.05, 4.69) is 87.7 Å². The molecule has 1 N–H and O–H groups in total. The van der Waals surface area contributed by atoms with Gasteiger partial charge in [-0.25, -0.2) is 0 Å². The van der Waals surface area contributed by atoms with Crippen molar-refractivity contribution >= 4 is 0 Å². The van der Waals surface area contributed by atoms with Crippen molar-refractivity contribution in [3.63, 3.8) is 0 Å². The molecular weight excluding hydrogens is 344 g/mol. The Morgan fingerprint density at radius 3 is 2.18 bits per heavy atom. The number of nitrogens with one attached hydrogen (secondary N) is 1. The minimum Gasteiger partial charge on any atom is -0.314 e. The van der Waals surface area contributed by atoms with Crippen molar-refractivity contribution in [2.24, 2.45) is 0 Å². The standard InChI is InChI=1S/C24H34N4/c1-26-13-12-25-17-23(26)16-24-20-27(18-21-8-4-2-5-9-21)14-15-28(24)19-22-10-6-3-7-11-22/h2-11,23-25H,12-20H2,1H3. The van der Waals surface area contributed by atoms with Gasteiger partial charge < -0.3 is 10.2 Å². The van der Waals surface area contributed by atoms with Gasteiger partial charge in [-0.2, -0.15) is 0 Å². The summed E-state index contributed by atoms with van der Waals surface area (Å²) in [7, 11) is 2.29. The normalized spacial score (nSPS) is 25.0. The van der Waals surface area contributed by atoms with Gasteiger partial charge in [-0.1, -0.05) is 60.7 Å². The first-order valence-electron chi connectivity index (χ1n) is 10.7. The van der Waals surface area contributed by atoms with Gasteiger partial charge in [0.1, 0.15) is 0 Å². The molecule has 2 aromatic carbocycles. The van der Waals surface area contributed by atoms with Crippen LogP contribution in [0.1, 0.15) is 17.5 Å². The van der Waals surface area contributed by atoms with Crippen molar-refractivity contribution in [3.8, 4) is 0 Å². The molecular formula is C24H34N4. The van der Waals surface area contributed by atoms with E-state index in [0.717, 1.165) is 52.4 Å². The second kappa shape index (κ2) is 9.66. The molecule has 2 unspecified atom stereocenters. The molecule has 0 aromatic heterocycles. The van der Waals surface area contributed by atoms with Crippen LogP contribution in [0.15, 0.2) is 60.7 Å². The van der Waals surface area contributed by atoms with E-state index in [1.54, 1.807) is 0 Å². The zero-order chi connectivity index (χ0) is 19.2. The molecule has 4 rings (SSSR count). The summed E-state index contributed by atoms with van der Waals surface area (Å²) < 4.78 is 0. The van der Waals surface area contributed by atoms with E-state index in [9.17, 15) is 0 Å². The Hall–Kier alpha value is -1.72. The minimum absolute atomic E-state index is 0.602. The van der Waals surface area contributed by atoms with Crippen LogP contribution in [-0.4, -0.2) is 73.1 Å². The highest BCUT2D eigenvalue weighted by Crippen LogP contribution is 2.21. The second-order valence-electron chi connectivity index (χ2n) is 8.40. The van der Waals surface area contributed by atoms with E-state index in [-0.39, 0.29) is 0 Å². The van der Waals surface area contributed by atoms with Gasteiger partial charge in [0.05, 0.1) is 0 Å². The van der Waals surface area contributed by atoms with E-state index in [4.69, 9.17) is 0 Å². The molecule has 0 aliphatic carbocycles. The molecule has 0 radical (unpaired) electrons. The average molecular weight is 379 g/mol. The molecule has 2 heterocycles. The summed E-state index contributed by atoms with van der Waals surface area (Å²) in [6.45, 7) is 8.98. The summed E-state index contributed by atoms with van der Waals surface area (Å²) in [4.78, 5) is 7.92. The fraction of sp³-hybridized carbons (Fsp3) is 0.500. The lowest BCUT2D eigenvalue weighted by Gasteiger charge is -2.45. The summed E-state index contributed by atoms with van der Waals surface area (Å²) >= 11 is 0. The van der Waals surface area contributed by atoms with Crippen LogP contribution >= 0.6 is 0 Å². The molecule has 0 spiro atoms. The van der Waals surface area contributed by atoms with Gasteiger partial charge in [0.2, 0.25) is 0 Å². The van der Waals surface area contributed by atoms with E-state index < -0.39 is 0 Å². The van der Waals surface area contributed by atoms with Crippen LogP contribution in [0, 0.1) is 0 Å². The second-order valence-corrected chi connectivity index (χ2v) is 8.40. The number of nitrogens with zero attached hydrogens (tertiary/aromatic N) is 3. The third-order valence-corrected chi connectivity index (χ3v) is 6.36. The predicted octanol–water partition coefficient (Wildman–Crippen LogP) is 2.67. The molecule has 2 aliphatic rings. The molecule has 0 saturated carbocycles. The number of piperazine rings is 2. The molecule has 4 heteroatoms. The molecule has 28 heavy (non-hydrogen) atoms. The smallest absolute Gasteiger partial charge is 0.0242 e. The van der Waals surface area contributed by atoms with Gasteiger partial charge >= 0.3 is 0 Å². The lowest BCUT2D eigenvalue weighted by atomic mass is 9.99. The van der Waals surface area contributed by atoms with E-state index in [0.29, 0.717) is 12.1 Å². The maximum absolute atomic E-state index is 3.60. The Bertz CT molecular complexity index is 705. The van der Waals surface area contributed by atoms with Crippen molar-refractivity contribution in [2.45, 2.75) is 31.6 Å². The zero-order valence-electron chi connectivity index (χ0n) is 17.1. The zero-order valence-corrected chi connectivity index (χ0v) is 17.1. The molecule has 2 fully saturated rings. The van der Waals surface area contributed by atoms with Gasteiger partial charge in [0.15, 0.2) is 0 Å². The lowest BCUT2D eigenvalue weighted by Crippen LogP contribution is -2.57. The Balaban J connectivity index is 1.44. The molecule has 0 bridgehead atoms. The topological polar surface area (TPSA) is 21.8 Å². The van der Waals surface area contributed by atoms with Crippen LogP contribution < -0.4 is 5.32 Å². The third-order valence-electron chi connectivity index (χ3n) is 6.36. The third kappa shape index (κ3) is 5.21. The van der Waals surface area contributed by atoms with Crippen LogP contribution in [-0.2, 0) is 13.1 Å². The quantitative estimate of drug-likeness (QED) is 0.834. The van der Waals surface area contributed by atoms with Gasteiger partial charge in [0, 0.05) is 64.4 Å². The first-order chi connectivity index (χ1) is 13.8. The maximum Gasteiger partial charge on any atom is 0.0242 e. The summed E-state index contributed by atoms with van der Waals surface area (Å²) in [6, 6.07) is 23.1. The van der Waals surface area contributed by atoms with Gasteiger partial charge in [-0.3, -0.25) is 9.80 Å². The predicted molar refractivity (Wildman–Crippen MR) is 116 cm³/mol. The highest BCUT2D eigenvalue weighted by atomic mass is 15.3. The number of benzene rings is 2. The first kappa shape index (κ1) is 19.6. The first-order valence-corrected chi connectivity index (χ1v) is 10.7. The number of hydrogen-bond donors (Lipinski definition) is 1. The highest BCUT2D eigenvalue weighted by Gasteiger charge is 2.31. The molecule has 0 amide bonds. The SMILES string of the molecule is CN1CCNCC1CC1CN(Cc2ccccc2)CCN1Cc1ccccc1. The van der Waals surface area contributed by atoms with E-state index >= 15 is 0 Å². The fourth-order valence-corrected chi connectivity index (χ4v) is 4.63. The highest BCUT2D eigenvalue weighted by molar-refractivity contribution is 5.16. The summed E-state index contributed by atoms with van der Waals surface area (Å²) in [5.41, 5.74) is 2.85. The van der Waals surface area contributed by atoms with Crippen LogP contribution in [0.5, 0.6) is 0 Å². The average Bonchev–Trinajstić information content (AvgIpc) is 2.73. The van der Waals surface area contributed by atoms with Crippen LogP contribution in [0.2, 0.25) is 0 Å². The van der Waals surface area contributed by atoms with E-state index in [1.165, 1.54) is 17.5 Å². The van der Waals surface area contributed by atoms with Gasteiger partial charge in [0.25, 0.3) is 0 Å². The molecule has 2 aromatic rings. The maximum atomic E-state index is 3.60. The van der Waals surface area contributed by atoms with Crippen molar-refractivity contribution in [1.82, 2.24) is 20.0 Å². The lowest BCUT2D eigenvalue weighted by molar-refractivity contribution is 0.0398. The summed E-state index contributed by atoms with van der Waals surface area (Å²) in [6.07, 6.45) is 1.24. The Labute approximate surface area is 170 Å². The Morgan fingerprint density at radius 2 is 1.50 bits per heavy atom. The summed E-state index contributed by atoms with van der Waals surface area (Å²) in [5.74, 6) is 0. The van der Waals surface area contributed by atoms with Gasteiger partial charge in [-0.05, 0) is 24.6 Å². The molecule has 2 saturated heterocycles. The van der Waals surface area contributed by atoms with Crippen LogP contribution in [0.4, 0.5) is 0 Å². The van der Waals surface area contributed by atoms with Crippen LogP contribution in [0.25, 0.3) is 0 Å². The molecule has 150 valence electrons. The fourth-order valence-electron chi connectivity index (χ4n) is 4.63. The van der Waals surface area contributed by atoms with Gasteiger partial charge in [-0.15, -0.1) is 0 Å². The van der Waals surface area contributed by atoms with Crippen molar-refractivity contribution in [1.29, 1.82) is 0 Å². The number of rotatable bonds is 6. The van der Waals surface area contributed by atoms with E-state index in [1.807, 2.05) is 0 Å². The van der Waals surface area contributed by atoms with Crippen LogP contribution in [0.3, 0.4) is 0 Å². The Morgan fingerprint density at radius 1 is 0.821 bits per heavy atom. The Kier molecular flexibility index (Phi) is 6.76. The molecule has 4 nitrogen and oxygen atoms in total.